The van der Waals surface area contributed by atoms with E-state index in [1.54, 1.807) is 54.9 Å². The molecule has 1 aliphatic heterocycles. The van der Waals surface area contributed by atoms with Gasteiger partial charge in [0.25, 0.3) is 5.91 Å². The first kappa shape index (κ1) is 15.7. The number of hydrogen-bond acceptors (Lipinski definition) is 3. The smallest absolute Gasteiger partial charge is 0.261 e. The maximum atomic E-state index is 13.9. The molecule has 1 atom stereocenters. The van der Waals surface area contributed by atoms with Crippen molar-refractivity contribution in [2.24, 2.45) is 0 Å². The van der Waals surface area contributed by atoms with Gasteiger partial charge in [0.1, 0.15) is 5.82 Å². The molecule has 1 aliphatic rings. The van der Waals surface area contributed by atoms with Crippen LogP contribution in [0.1, 0.15) is 21.5 Å². The Morgan fingerprint density at radius 1 is 1.04 bits per heavy atom. The Labute approximate surface area is 153 Å². The number of nitrogens with zero attached hydrogens (tertiary/aromatic N) is 2. The first-order valence-electron chi connectivity index (χ1n) is 8.44. The molecule has 0 fully saturated rings. The number of H-pyrrole nitrogens is 1. The molecule has 3 aromatic carbocycles. The van der Waals surface area contributed by atoms with Crippen LogP contribution in [0.25, 0.3) is 11.0 Å². The summed E-state index contributed by atoms with van der Waals surface area (Å²) in [5.41, 5.74) is 1.33. The van der Waals surface area contributed by atoms with E-state index in [9.17, 15) is 14.3 Å². The number of hydrogen-bond donors (Lipinski definition) is 2. The second kappa shape index (κ2) is 5.49. The van der Waals surface area contributed by atoms with Crippen molar-refractivity contribution in [2.45, 2.75) is 5.72 Å². The Kier molecular flexibility index (Phi) is 3.20. The zero-order valence-corrected chi connectivity index (χ0v) is 14.1. The summed E-state index contributed by atoms with van der Waals surface area (Å²) >= 11 is 0. The van der Waals surface area contributed by atoms with Crippen LogP contribution in [-0.2, 0) is 5.72 Å². The third kappa shape index (κ3) is 2.14. The highest BCUT2D eigenvalue weighted by Crippen LogP contribution is 2.45. The lowest BCUT2D eigenvalue weighted by Gasteiger charge is -2.34. The van der Waals surface area contributed by atoms with Crippen molar-refractivity contribution in [3.05, 3.63) is 95.6 Å². The number of carbonyl (C=O) groups is 1. The summed E-state index contributed by atoms with van der Waals surface area (Å²) in [7, 11) is 0. The Balaban J connectivity index is 1.80. The highest BCUT2D eigenvalue weighted by Gasteiger charge is 2.50. The summed E-state index contributed by atoms with van der Waals surface area (Å²) in [5, 5.41) is 11.8. The minimum absolute atomic E-state index is 0.281. The summed E-state index contributed by atoms with van der Waals surface area (Å²) in [6, 6.07) is 17.8. The first-order chi connectivity index (χ1) is 13.1. The molecular formula is C21H14FN3O2. The summed E-state index contributed by atoms with van der Waals surface area (Å²) < 4.78 is 13.9. The zero-order valence-electron chi connectivity index (χ0n) is 14.1. The monoisotopic (exact) mass is 359 g/mol. The van der Waals surface area contributed by atoms with Crippen LogP contribution in [0.15, 0.2) is 73.1 Å². The van der Waals surface area contributed by atoms with E-state index in [2.05, 4.69) is 9.97 Å². The van der Waals surface area contributed by atoms with Crippen molar-refractivity contribution in [1.82, 2.24) is 9.97 Å². The second-order valence-corrected chi connectivity index (χ2v) is 6.47. The van der Waals surface area contributed by atoms with Gasteiger partial charge in [-0.1, -0.05) is 30.3 Å². The van der Waals surface area contributed by atoms with E-state index in [0.717, 1.165) is 11.0 Å². The minimum Gasteiger partial charge on any atom is -0.363 e. The molecule has 27 heavy (non-hydrogen) atoms. The van der Waals surface area contributed by atoms with Gasteiger partial charge < -0.3 is 10.1 Å². The normalized spacial score (nSPS) is 18.9. The Morgan fingerprint density at radius 2 is 1.89 bits per heavy atom. The maximum Gasteiger partial charge on any atom is 0.261 e. The van der Waals surface area contributed by atoms with Crippen LogP contribution in [0, 0.1) is 5.82 Å². The topological polar surface area (TPSA) is 69.2 Å². The SMILES string of the molecule is O=C1c2ccccc2C(O)(c2ccc3nc[nH]c3c2)N1c1cccc(F)c1. The van der Waals surface area contributed by atoms with Gasteiger partial charge in [0, 0.05) is 16.7 Å². The Morgan fingerprint density at radius 3 is 2.74 bits per heavy atom. The molecule has 132 valence electrons. The second-order valence-electron chi connectivity index (χ2n) is 6.47. The number of nitrogens with one attached hydrogen (secondary N) is 1. The van der Waals surface area contributed by atoms with Gasteiger partial charge in [0.05, 0.1) is 23.0 Å². The molecule has 1 aromatic heterocycles. The number of benzene rings is 3. The lowest BCUT2D eigenvalue weighted by atomic mass is 9.93. The van der Waals surface area contributed by atoms with Crippen LogP contribution >= 0.6 is 0 Å². The number of imidazole rings is 1. The van der Waals surface area contributed by atoms with E-state index in [-0.39, 0.29) is 11.6 Å². The average Bonchev–Trinajstić information content (AvgIpc) is 3.23. The zero-order chi connectivity index (χ0) is 18.6. The van der Waals surface area contributed by atoms with Crippen molar-refractivity contribution >= 4 is 22.6 Å². The standard InChI is InChI=1S/C21H14FN3O2/c22-14-4-3-5-15(11-14)25-20(26)16-6-1-2-7-17(16)21(25,27)13-8-9-18-19(10-13)24-12-23-18/h1-12,27H,(H,23,24). The van der Waals surface area contributed by atoms with Gasteiger partial charge in [0.15, 0.2) is 5.72 Å². The quantitative estimate of drug-likeness (QED) is 0.575. The number of anilines is 1. The summed E-state index contributed by atoms with van der Waals surface area (Å²) in [4.78, 5) is 21.6. The van der Waals surface area contributed by atoms with E-state index >= 15 is 0 Å². The fraction of sp³-hybridized carbons (Fsp3) is 0.0476. The van der Waals surface area contributed by atoms with Crippen LogP contribution < -0.4 is 4.90 Å². The molecule has 0 saturated carbocycles. The molecule has 5 rings (SSSR count). The molecular weight excluding hydrogens is 345 g/mol. The third-order valence-electron chi connectivity index (χ3n) is 4.95. The van der Waals surface area contributed by atoms with Crippen molar-refractivity contribution in [3.8, 4) is 0 Å². The minimum atomic E-state index is -1.76. The highest BCUT2D eigenvalue weighted by atomic mass is 19.1. The van der Waals surface area contributed by atoms with Crippen molar-refractivity contribution in [1.29, 1.82) is 0 Å². The summed E-state index contributed by atoms with van der Waals surface area (Å²) in [5.74, 6) is -0.869. The number of rotatable bonds is 2. The summed E-state index contributed by atoms with van der Waals surface area (Å²) in [6.07, 6.45) is 1.57. The molecule has 4 aromatic rings. The number of aromatic nitrogens is 2. The third-order valence-corrected chi connectivity index (χ3v) is 4.95. The Bertz CT molecular complexity index is 1200. The molecule has 2 heterocycles. The molecule has 0 saturated heterocycles. The van der Waals surface area contributed by atoms with Crippen LogP contribution in [0.5, 0.6) is 0 Å². The van der Waals surface area contributed by atoms with Crippen molar-refractivity contribution < 1.29 is 14.3 Å². The van der Waals surface area contributed by atoms with E-state index in [4.69, 9.17) is 0 Å². The lowest BCUT2D eigenvalue weighted by molar-refractivity contribution is 0.0704. The van der Waals surface area contributed by atoms with E-state index < -0.39 is 11.5 Å². The average molecular weight is 359 g/mol. The molecule has 1 amide bonds. The van der Waals surface area contributed by atoms with Gasteiger partial charge in [-0.15, -0.1) is 0 Å². The van der Waals surface area contributed by atoms with Gasteiger partial charge in [-0.25, -0.2) is 9.37 Å². The number of fused-ring (bicyclic) bond motifs is 2. The lowest BCUT2D eigenvalue weighted by Crippen LogP contribution is -2.45. The number of halogens is 1. The van der Waals surface area contributed by atoms with Crippen molar-refractivity contribution in [3.63, 3.8) is 0 Å². The van der Waals surface area contributed by atoms with Crippen LogP contribution in [0.4, 0.5) is 10.1 Å². The Hall–Kier alpha value is -3.51. The molecule has 2 N–H and O–H groups in total. The fourth-order valence-corrected chi connectivity index (χ4v) is 3.72. The molecule has 0 radical (unpaired) electrons. The summed E-state index contributed by atoms with van der Waals surface area (Å²) in [6.45, 7) is 0. The maximum absolute atomic E-state index is 13.9. The van der Waals surface area contributed by atoms with Gasteiger partial charge in [-0.3, -0.25) is 9.69 Å². The number of aliphatic hydroxyl groups is 1. The predicted octanol–water partition coefficient (Wildman–Crippen LogP) is 3.56. The van der Waals surface area contributed by atoms with Gasteiger partial charge >= 0.3 is 0 Å². The largest absolute Gasteiger partial charge is 0.363 e. The van der Waals surface area contributed by atoms with E-state index in [0.29, 0.717) is 16.7 Å². The molecule has 6 heteroatoms. The number of amides is 1. The number of carbonyl (C=O) groups excluding carboxylic acids is 1. The number of aromatic amines is 1. The molecule has 0 spiro atoms. The van der Waals surface area contributed by atoms with Crippen LogP contribution in [0.3, 0.4) is 0 Å². The highest BCUT2D eigenvalue weighted by molar-refractivity contribution is 6.12. The fourth-order valence-electron chi connectivity index (χ4n) is 3.72. The van der Waals surface area contributed by atoms with Crippen LogP contribution in [0.2, 0.25) is 0 Å². The molecule has 5 nitrogen and oxygen atoms in total. The van der Waals surface area contributed by atoms with Gasteiger partial charge in [0.2, 0.25) is 0 Å². The van der Waals surface area contributed by atoms with Gasteiger partial charge in [-0.2, -0.15) is 0 Å². The van der Waals surface area contributed by atoms with Gasteiger partial charge in [-0.05, 0) is 36.4 Å². The molecule has 0 aliphatic carbocycles. The molecule has 1 unspecified atom stereocenters. The molecule has 0 bridgehead atoms. The van der Waals surface area contributed by atoms with E-state index in [1.165, 1.54) is 23.1 Å². The van der Waals surface area contributed by atoms with Crippen molar-refractivity contribution in [2.75, 3.05) is 4.90 Å². The van der Waals surface area contributed by atoms with Crippen LogP contribution in [-0.4, -0.2) is 21.0 Å². The predicted molar refractivity (Wildman–Crippen MR) is 98.7 cm³/mol. The van der Waals surface area contributed by atoms with E-state index in [1.807, 2.05) is 0 Å². The first-order valence-corrected chi connectivity index (χ1v) is 8.44.